The summed E-state index contributed by atoms with van der Waals surface area (Å²) in [5.41, 5.74) is 7.12. The predicted molar refractivity (Wildman–Crippen MR) is 90.8 cm³/mol. The molecule has 0 fully saturated rings. The first-order valence-electron chi connectivity index (χ1n) is 5.63. The van der Waals surface area contributed by atoms with E-state index in [4.69, 9.17) is 45.9 Å². The van der Waals surface area contributed by atoms with Gasteiger partial charge in [0.1, 0.15) is 17.3 Å². The Morgan fingerprint density at radius 1 is 1.15 bits per heavy atom. The molecule has 0 radical (unpaired) electrons. The molecule has 0 aromatic heterocycles. The lowest BCUT2D eigenvalue weighted by Crippen LogP contribution is -2.09. The predicted octanol–water partition coefficient (Wildman–Crippen LogP) is 4.97. The summed E-state index contributed by atoms with van der Waals surface area (Å²) in [6, 6.07) is 10.8. The van der Waals surface area contributed by atoms with Crippen LogP contribution in [0.1, 0.15) is 11.1 Å². The first-order valence-corrected chi connectivity index (χ1v) is 7.59. The van der Waals surface area contributed by atoms with E-state index in [-0.39, 0.29) is 0 Å². The van der Waals surface area contributed by atoms with Crippen LogP contribution in [-0.2, 0) is 6.61 Å². The second-order valence-corrected chi connectivity index (χ2v) is 6.20. The second-order valence-electron chi connectivity index (χ2n) is 4.03. The fourth-order valence-electron chi connectivity index (χ4n) is 1.56. The van der Waals surface area contributed by atoms with Crippen molar-refractivity contribution in [2.24, 2.45) is 5.73 Å². The smallest absolute Gasteiger partial charge is 0.139 e. The van der Waals surface area contributed by atoms with Gasteiger partial charge in [-0.15, -0.1) is 0 Å². The third-order valence-corrected chi connectivity index (χ3v) is 4.01. The standard InChI is InChI=1S/C14H10BrCl2NOS/c15-10-3-4-11(16)13(6-10)19-7-9-2-1-8(14(18)20)5-12(9)17/h1-6H,7H2,(H2,18,20). The average Bonchev–Trinajstić information content (AvgIpc) is 2.40. The molecule has 0 heterocycles. The van der Waals surface area contributed by atoms with E-state index in [0.717, 1.165) is 15.6 Å². The van der Waals surface area contributed by atoms with Crippen LogP contribution in [0.4, 0.5) is 0 Å². The Bertz CT molecular complexity index is 664. The van der Waals surface area contributed by atoms with Crippen LogP contribution in [0.15, 0.2) is 40.9 Å². The van der Waals surface area contributed by atoms with Crippen LogP contribution >= 0.6 is 51.3 Å². The monoisotopic (exact) mass is 389 g/mol. The second kappa shape index (κ2) is 6.76. The average molecular weight is 391 g/mol. The van der Waals surface area contributed by atoms with Crippen molar-refractivity contribution in [3.05, 3.63) is 62.0 Å². The molecule has 2 rings (SSSR count). The molecule has 0 aliphatic rings. The minimum Gasteiger partial charge on any atom is -0.487 e. The van der Waals surface area contributed by atoms with Crippen LogP contribution in [0.25, 0.3) is 0 Å². The maximum absolute atomic E-state index is 6.17. The van der Waals surface area contributed by atoms with Gasteiger partial charge in [0.25, 0.3) is 0 Å². The fraction of sp³-hybridized carbons (Fsp3) is 0.0714. The fourth-order valence-corrected chi connectivity index (χ4v) is 2.44. The molecule has 0 aliphatic heterocycles. The minimum atomic E-state index is 0.312. The Balaban J connectivity index is 2.15. The zero-order chi connectivity index (χ0) is 14.7. The lowest BCUT2D eigenvalue weighted by atomic mass is 10.1. The van der Waals surface area contributed by atoms with Gasteiger partial charge < -0.3 is 10.5 Å². The van der Waals surface area contributed by atoms with Crippen LogP contribution in [0.2, 0.25) is 10.0 Å². The van der Waals surface area contributed by atoms with Crippen LogP contribution < -0.4 is 10.5 Å². The molecule has 0 spiro atoms. The molecule has 0 bridgehead atoms. The molecule has 0 atom stereocenters. The van der Waals surface area contributed by atoms with E-state index in [1.54, 1.807) is 18.2 Å². The number of thiocarbonyl (C=S) groups is 1. The Morgan fingerprint density at radius 3 is 2.55 bits per heavy atom. The van der Waals surface area contributed by atoms with Crippen molar-refractivity contribution in [2.45, 2.75) is 6.61 Å². The van der Waals surface area contributed by atoms with Crippen LogP contribution in [0, 0.1) is 0 Å². The highest BCUT2D eigenvalue weighted by molar-refractivity contribution is 9.10. The summed E-state index contributed by atoms with van der Waals surface area (Å²) in [5.74, 6) is 0.593. The largest absolute Gasteiger partial charge is 0.487 e. The maximum Gasteiger partial charge on any atom is 0.139 e. The lowest BCUT2D eigenvalue weighted by Gasteiger charge is -2.10. The molecule has 0 aliphatic carbocycles. The summed E-state index contributed by atoms with van der Waals surface area (Å²) in [6.45, 7) is 0.312. The number of halogens is 3. The molecule has 2 aromatic rings. The highest BCUT2D eigenvalue weighted by Gasteiger charge is 2.07. The van der Waals surface area contributed by atoms with E-state index >= 15 is 0 Å². The van der Waals surface area contributed by atoms with Gasteiger partial charge >= 0.3 is 0 Å². The van der Waals surface area contributed by atoms with Gasteiger partial charge in [0.15, 0.2) is 0 Å². The van der Waals surface area contributed by atoms with Gasteiger partial charge in [-0.25, -0.2) is 0 Å². The SMILES string of the molecule is NC(=S)c1ccc(COc2cc(Br)ccc2Cl)c(Cl)c1. The Kier molecular flexibility index (Phi) is 5.27. The number of rotatable bonds is 4. The van der Waals surface area contributed by atoms with Gasteiger partial charge in [0.2, 0.25) is 0 Å². The van der Waals surface area contributed by atoms with Crippen LogP contribution in [0.3, 0.4) is 0 Å². The molecule has 20 heavy (non-hydrogen) atoms. The molecule has 2 nitrogen and oxygen atoms in total. The maximum atomic E-state index is 6.17. The van der Waals surface area contributed by atoms with E-state index in [1.165, 1.54) is 0 Å². The quantitative estimate of drug-likeness (QED) is 0.748. The molecule has 0 amide bonds. The summed E-state index contributed by atoms with van der Waals surface area (Å²) in [5, 5.41) is 1.10. The molecule has 0 saturated heterocycles. The normalized spacial score (nSPS) is 10.3. The van der Waals surface area contributed by atoms with Gasteiger partial charge in [-0.05, 0) is 24.3 Å². The molecule has 0 unspecified atom stereocenters. The van der Waals surface area contributed by atoms with E-state index in [9.17, 15) is 0 Å². The molecule has 104 valence electrons. The highest BCUT2D eigenvalue weighted by atomic mass is 79.9. The van der Waals surface area contributed by atoms with Gasteiger partial charge in [0.05, 0.1) is 5.02 Å². The zero-order valence-electron chi connectivity index (χ0n) is 10.2. The topological polar surface area (TPSA) is 35.2 Å². The lowest BCUT2D eigenvalue weighted by molar-refractivity contribution is 0.306. The Labute approximate surface area is 141 Å². The van der Waals surface area contributed by atoms with Crippen molar-refractivity contribution in [1.29, 1.82) is 0 Å². The van der Waals surface area contributed by atoms with Crippen LogP contribution in [0.5, 0.6) is 5.75 Å². The summed E-state index contributed by atoms with van der Waals surface area (Å²) >= 11 is 20.5. The van der Waals surface area contributed by atoms with Crippen molar-refractivity contribution in [3.63, 3.8) is 0 Å². The molecule has 2 N–H and O–H groups in total. The van der Waals surface area contributed by atoms with E-state index in [0.29, 0.717) is 27.4 Å². The van der Waals surface area contributed by atoms with Crippen molar-refractivity contribution in [2.75, 3.05) is 0 Å². The van der Waals surface area contributed by atoms with Crippen molar-refractivity contribution >= 4 is 56.3 Å². The van der Waals surface area contributed by atoms with Gasteiger partial charge in [0, 0.05) is 20.6 Å². The summed E-state index contributed by atoms with van der Waals surface area (Å²) in [6.07, 6.45) is 0. The number of hydrogen-bond donors (Lipinski definition) is 1. The Morgan fingerprint density at radius 2 is 1.90 bits per heavy atom. The van der Waals surface area contributed by atoms with E-state index in [2.05, 4.69) is 15.9 Å². The summed E-state index contributed by atoms with van der Waals surface area (Å²) in [4.78, 5) is 0.314. The van der Waals surface area contributed by atoms with Crippen LogP contribution in [-0.4, -0.2) is 4.99 Å². The van der Waals surface area contributed by atoms with Gasteiger partial charge in [-0.1, -0.05) is 63.5 Å². The number of benzene rings is 2. The number of hydrogen-bond acceptors (Lipinski definition) is 2. The zero-order valence-corrected chi connectivity index (χ0v) is 14.1. The number of nitrogens with two attached hydrogens (primary N) is 1. The number of ether oxygens (including phenoxy) is 1. The van der Waals surface area contributed by atoms with Crippen molar-refractivity contribution < 1.29 is 4.74 Å². The summed E-state index contributed by atoms with van der Waals surface area (Å²) in [7, 11) is 0. The minimum absolute atomic E-state index is 0.312. The molecule has 6 heteroatoms. The van der Waals surface area contributed by atoms with Crippen molar-refractivity contribution in [3.8, 4) is 5.75 Å². The molecule has 0 saturated carbocycles. The molecular formula is C14H10BrCl2NOS. The van der Waals surface area contributed by atoms with Gasteiger partial charge in [-0.2, -0.15) is 0 Å². The first kappa shape index (κ1) is 15.6. The Hall–Kier alpha value is -0.810. The third-order valence-electron chi connectivity index (χ3n) is 2.61. The van der Waals surface area contributed by atoms with Gasteiger partial charge in [-0.3, -0.25) is 0 Å². The highest BCUT2D eigenvalue weighted by Crippen LogP contribution is 2.29. The van der Waals surface area contributed by atoms with E-state index in [1.807, 2.05) is 18.2 Å². The van der Waals surface area contributed by atoms with Crippen molar-refractivity contribution in [1.82, 2.24) is 0 Å². The van der Waals surface area contributed by atoms with E-state index < -0.39 is 0 Å². The first-order chi connectivity index (χ1) is 9.47. The summed E-state index contributed by atoms with van der Waals surface area (Å²) < 4.78 is 6.57. The molecular weight excluding hydrogens is 381 g/mol. The third kappa shape index (κ3) is 3.85. The molecule has 2 aromatic carbocycles.